The number of hydrogen-bond donors (Lipinski definition) is 1. The second-order valence-corrected chi connectivity index (χ2v) is 4.74. The SMILES string of the molecule is N#Cc1c(Cc2ccccc2)[nH]c2ncc(Cl)cc12. The molecule has 0 spiro atoms. The van der Waals surface area contributed by atoms with Gasteiger partial charge in [0.2, 0.25) is 0 Å². The van der Waals surface area contributed by atoms with Crippen molar-refractivity contribution in [3.8, 4) is 6.07 Å². The van der Waals surface area contributed by atoms with Crippen molar-refractivity contribution in [1.29, 1.82) is 5.26 Å². The van der Waals surface area contributed by atoms with Crippen LogP contribution in [0.1, 0.15) is 16.8 Å². The average Bonchev–Trinajstić information content (AvgIpc) is 2.76. The number of nitriles is 1. The molecule has 2 heterocycles. The van der Waals surface area contributed by atoms with Crippen molar-refractivity contribution in [2.24, 2.45) is 0 Å². The lowest BCUT2D eigenvalue weighted by Crippen LogP contribution is -1.90. The molecule has 0 fully saturated rings. The van der Waals surface area contributed by atoms with Crippen LogP contribution in [0.2, 0.25) is 5.02 Å². The van der Waals surface area contributed by atoms with Crippen LogP contribution in [0.25, 0.3) is 11.0 Å². The average molecular weight is 268 g/mol. The second-order valence-electron chi connectivity index (χ2n) is 4.30. The highest BCUT2D eigenvalue weighted by Gasteiger charge is 2.12. The number of benzene rings is 1. The molecule has 19 heavy (non-hydrogen) atoms. The minimum atomic E-state index is 0.536. The Labute approximate surface area is 115 Å². The van der Waals surface area contributed by atoms with Crippen LogP contribution in [0.4, 0.5) is 0 Å². The first-order valence-electron chi connectivity index (χ1n) is 5.88. The third kappa shape index (κ3) is 2.18. The Bertz CT molecular complexity index is 769. The maximum Gasteiger partial charge on any atom is 0.138 e. The molecule has 0 bridgehead atoms. The summed E-state index contributed by atoms with van der Waals surface area (Å²) < 4.78 is 0. The van der Waals surface area contributed by atoms with Crippen LogP contribution in [-0.4, -0.2) is 9.97 Å². The van der Waals surface area contributed by atoms with Gasteiger partial charge in [-0.3, -0.25) is 0 Å². The number of aromatic nitrogens is 2. The highest BCUT2D eigenvalue weighted by Crippen LogP contribution is 2.24. The standard InChI is InChI=1S/C15H10ClN3/c16-11-7-12-13(8-17)14(19-15(12)18-9-11)6-10-4-2-1-3-5-10/h1-5,7,9H,6H2,(H,18,19). The topological polar surface area (TPSA) is 52.5 Å². The quantitative estimate of drug-likeness (QED) is 0.770. The predicted octanol–water partition coefficient (Wildman–Crippen LogP) is 3.68. The maximum atomic E-state index is 9.33. The molecule has 0 amide bonds. The van der Waals surface area contributed by atoms with Gasteiger partial charge in [-0.05, 0) is 11.6 Å². The Hall–Kier alpha value is -2.31. The van der Waals surface area contributed by atoms with Crippen molar-refractivity contribution in [3.05, 3.63) is 64.4 Å². The van der Waals surface area contributed by atoms with Crippen LogP contribution >= 0.6 is 11.6 Å². The zero-order valence-electron chi connectivity index (χ0n) is 10.0. The first kappa shape index (κ1) is 11.8. The molecule has 3 aromatic rings. The molecule has 0 aliphatic carbocycles. The van der Waals surface area contributed by atoms with Crippen molar-refractivity contribution in [2.75, 3.05) is 0 Å². The smallest absolute Gasteiger partial charge is 0.138 e. The molecular formula is C15H10ClN3. The zero-order valence-corrected chi connectivity index (χ0v) is 10.8. The van der Waals surface area contributed by atoms with E-state index in [0.29, 0.717) is 22.7 Å². The van der Waals surface area contributed by atoms with E-state index in [1.807, 2.05) is 30.3 Å². The summed E-state index contributed by atoms with van der Waals surface area (Å²) in [4.78, 5) is 7.41. The monoisotopic (exact) mass is 267 g/mol. The Kier molecular flexibility index (Phi) is 2.94. The molecule has 0 aliphatic rings. The van der Waals surface area contributed by atoms with E-state index in [9.17, 15) is 5.26 Å². The number of halogens is 1. The highest BCUT2D eigenvalue weighted by atomic mass is 35.5. The van der Waals surface area contributed by atoms with E-state index >= 15 is 0 Å². The Morgan fingerprint density at radius 3 is 2.79 bits per heavy atom. The maximum absolute atomic E-state index is 9.33. The van der Waals surface area contributed by atoms with Gasteiger partial charge in [-0.25, -0.2) is 4.98 Å². The third-order valence-corrected chi connectivity index (χ3v) is 3.24. The van der Waals surface area contributed by atoms with Crippen molar-refractivity contribution in [2.45, 2.75) is 6.42 Å². The predicted molar refractivity (Wildman–Crippen MR) is 75.1 cm³/mol. The number of fused-ring (bicyclic) bond motifs is 1. The Balaban J connectivity index is 2.12. The Morgan fingerprint density at radius 1 is 1.26 bits per heavy atom. The van der Waals surface area contributed by atoms with E-state index < -0.39 is 0 Å². The first-order valence-corrected chi connectivity index (χ1v) is 6.26. The highest BCUT2D eigenvalue weighted by molar-refractivity contribution is 6.31. The molecule has 4 heteroatoms. The lowest BCUT2D eigenvalue weighted by Gasteiger charge is -1.99. The van der Waals surface area contributed by atoms with E-state index in [2.05, 4.69) is 16.0 Å². The molecule has 3 rings (SSSR count). The number of aromatic amines is 1. The number of H-pyrrole nitrogens is 1. The van der Waals surface area contributed by atoms with E-state index in [4.69, 9.17) is 11.6 Å². The van der Waals surface area contributed by atoms with Crippen molar-refractivity contribution < 1.29 is 0 Å². The van der Waals surface area contributed by atoms with Crippen LogP contribution in [0.15, 0.2) is 42.6 Å². The molecule has 0 saturated carbocycles. The molecule has 2 aromatic heterocycles. The third-order valence-electron chi connectivity index (χ3n) is 3.03. The summed E-state index contributed by atoms with van der Waals surface area (Å²) in [7, 11) is 0. The minimum absolute atomic E-state index is 0.536. The molecule has 0 unspecified atom stereocenters. The summed E-state index contributed by atoms with van der Waals surface area (Å²) >= 11 is 5.93. The lowest BCUT2D eigenvalue weighted by atomic mass is 10.1. The summed E-state index contributed by atoms with van der Waals surface area (Å²) in [5.74, 6) is 0. The molecule has 0 aliphatic heterocycles. The molecular weight excluding hydrogens is 258 g/mol. The molecule has 0 saturated heterocycles. The largest absolute Gasteiger partial charge is 0.342 e. The van der Waals surface area contributed by atoms with Gasteiger partial charge in [0.05, 0.1) is 10.6 Å². The van der Waals surface area contributed by atoms with Crippen LogP contribution < -0.4 is 0 Å². The van der Waals surface area contributed by atoms with E-state index in [1.165, 1.54) is 0 Å². The van der Waals surface area contributed by atoms with E-state index in [0.717, 1.165) is 16.6 Å². The first-order chi connectivity index (χ1) is 9.28. The number of nitrogens with zero attached hydrogens (tertiary/aromatic N) is 2. The molecule has 0 atom stereocenters. The van der Waals surface area contributed by atoms with Gasteiger partial charge in [-0.15, -0.1) is 0 Å². The van der Waals surface area contributed by atoms with Crippen LogP contribution in [-0.2, 0) is 6.42 Å². The molecule has 3 nitrogen and oxygen atoms in total. The van der Waals surface area contributed by atoms with Gasteiger partial charge >= 0.3 is 0 Å². The summed E-state index contributed by atoms with van der Waals surface area (Å²) in [6.07, 6.45) is 2.26. The minimum Gasteiger partial charge on any atom is -0.342 e. The number of nitrogens with one attached hydrogen (secondary N) is 1. The lowest BCUT2D eigenvalue weighted by molar-refractivity contribution is 1.10. The van der Waals surface area contributed by atoms with E-state index in [1.54, 1.807) is 12.3 Å². The fraction of sp³-hybridized carbons (Fsp3) is 0.0667. The van der Waals surface area contributed by atoms with Crippen molar-refractivity contribution in [3.63, 3.8) is 0 Å². The van der Waals surface area contributed by atoms with E-state index in [-0.39, 0.29) is 0 Å². The van der Waals surface area contributed by atoms with Crippen LogP contribution in [0.3, 0.4) is 0 Å². The zero-order chi connectivity index (χ0) is 13.2. The normalized spacial score (nSPS) is 10.5. The van der Waals surface area contributed by atoms with Crippen molar-refractivity contribution >= 4 is 22.6 Å². The van der Waals surface area contributed by atoms with Crippen LogP contribution in [0.5, 0.6) is 0 Å². The molecule has 92 valence electrons. The molecule has 1 aromatic carbocycles. The molecule has 0 radical (unpaired) electrons. The van der Waals surface area contributed by atoms with Gasteiger partial charge in [0.25, 0.3) is 0 Å². The summed E-state index contributed by atoms with van der Waals surface area (Å²) in [6.45, 7) is 0. The summed E-state index contributed by atoms with van der Waals surface area (Å²) in [5, 5.41) is 10.6. The van der Waals surface area contributed by atoms with Gasteiger partial charge < -0.3 is 4.98 Å². The number of hydrogen-bond acceptors (Lipinski definition) is 2. The summed E-state index contributed by atoms with van der Waals surface area (Å²) in [6, 6.07) is 14.0. The van der Waals surface area contributed by atoms with Gasteiger partial charge in [0.15, 0.2) is 0 Å². The van der Waals surface area contributed by atoms with Gasteiger partial charge in [0, 0.05) is 23.7 Å². The van der Waals surface area contributed by atoms with Gasteiger partial charge in [-0.1, -0.05) is 41.9 Å². The second kappa shape index (κ2) is 4.75. The fourth-order valence-corrected chi connectivity index (χ4v) is 2.32. The van der Waals surface area contributed by atoms with Crippen LogP contribution in [0, 0.1) is 11.3 Å². The summed E-state index contributed by atoms with van der Waals surface area (Å²) in [5.41, 5.74) is 3.34. The fourth-order valence-electron chi connectivity index (χ4n) is 2.16. The number of rotatable bonds is 2. The Morgan fingerprint density at radius 2 is 2.05 bits per heavy atom. The molecule has 1 N–H and O–H groups in total. The van der Waals surface area contributed by atoms with Crippen molar-refractivity contribution in [1.82, 2.24) is 9.97 Å². The number of pyridine rings is 1. The van der Waals surface area contributed by atoms with Gasteiger partial charge in [-0.2, -0.15) is 5.26 Å². The van der Waals surface area contributed by atoms with Gasteiger partial charge in [0.1, 0.15) is 11.7 Å².